The van der Waals surface area contributed by atoms with Crippen molar-refractivity contribution in [2.24, 2.45) is 0 Å². The highest BCUT2D eigenvalue weighted by Crippen LogP contribution is 2.29. The van der Waals surface area contributed by atoms with Crippen molar-refractivity contribution >= 4 is 11.8 Å². The number of hydrogen-bond acceptors (Lipinski definition) is 5. The van der Waals surface area contributed by atoms with Crippen LogP contribution in [-0.4, -0.2) is 27.9 Å². The molecule has 0 saturated carbocycles. The second-order valence-corrected chi connectivity index (χ2v) is 7.21. The van der Waals surface area contributed by atoms with E-state index in [1.807, 2.05) is 34.6 Å². The van der Waals surface area contributed by atoms with E-state index in [0.29, 0.717) is 23.0 Å². The van der Waals surface area contributed by atoms with Crippen LogP contribution in [0.5, 0.6) is 5.75 Å². The Balaban J connectivity index is 2.43. The standard InChI is InChI=1S/C18H23F3N4O/c1-11(2)22-15-10-14(23-16(24-15)25-17(3,4)5)12-7-6-8-13(9-12)26-18(19,20)21/h6-11H,1-5H3,(H2,22,23,24,25). The average molecular weight is 368 g/mol. The molecule has 2 N–H and O–H groups in total. The normalized spacial score (nSPS) is 12.2. The maximum atomic E-state index is 12.5. The van der Waals surface area contributed by atoms with Crippen LogP contribution in [0.1, 0.15) is 34.6 Å². The van der Waals surface area contributed by atoms with E-state index in [1.165, 1.54) is 18.2 Å². The molecule has 8 heteroatoms. The van der Waals surface area contributed by atoms with Crippen LogP contribution in [0, 0.1) is 0 Å². The number of nitrogens with zero attached hydrogens (tertiary/aromatic N) is 2. The highest BCUT2D eigenvalue weighted by molar-refractivity contribution is 5.66. The maximum absolute atomic E-state index is 12.5. The minimum atomic E-state index is -4.74. The highest BCUT2D eigenvalue weighted by atomic mass is 19.4. The van der Waals surface area contributed by atoms with Gasteiger partial charge in [-0.15, -0.1) is 13.2 Å². The van der Waals surface area contributed by atoms with Crippen molar-refractivity contribution < 1.29 is 17.9 Å². The molecule has 5 nitrogen and oxygen atoms in total. The van der Waals surface area contributed by atoms with E-state index in [0.717, 1.165) is 0 Å². The molecule has 0 fully saturated rings. The Labute approximate surface area is 151 Å². The fraction of sp³-hybridized carbons (Fsp3) is 0.444. The molecule has 0 amide bonds. The molecule has 1 aromatic heterocycles. The molecular formula is C18H23F3N4O. The smallest absolute Gasteiger partial charge is 0.406 e. The Kier molecular flexibility index (Phi) is 5.63. The van der Waals surface area contributed by atoms with Gasteiger partial charge in [-0.1, -0.05) is 12.1 Å². The van der Waals surface area contributed by atoms with Gasteiger partial charge in [-0.3, -0.25) is 0 Å². The van der Waals surface area contributed by atoms with Crippen LogP contribution in [0.25, 0.3) is 11.3 Å². The average Bonchev–Trinajstić information content (AvgIpc) is 2.42. The number of anilines is 2. The fourth-order valence-corrected chi connectivity index (χ4v) is 2.21. The van der Waals surface area contributed by atoms with Gasteiger partial charge in [-0.25, -0.2) is 4.98 Å². The number of aromatic nitrogens is 2. The lowest BCUT2D eigenvalue weighted by molar-refractivity contribution is -0.274. The first kappa shape index (κ1) is 19.8. The predicted molar refractivity (Wildman–Crippen MR) is 96.3 cm³/mol. The lowest BCUT2D eigenvalue weighted by Crippen LogP contribution is -2.27. The summed E-state index contributed by atoms with van der Waals surface area (Å²) in [5.41, 5.74) is 0.718. The van der Waals surface area contributed by atoms with Crippen LogP contribution < -0.4 is 15.4 Å². The Morgan fingerprint density at radius 3 is 2.31 bits per heavy atom. The Hall–Kier alpha value is -2.51. The van der Waals surface area contributed by atoms with E-state index in [1.54, 1.807) is 12.1 Å². The van der Waals surface area contributed by atoms with E-state index in [9.17, 15) is 13.2 Å². The minimum Gasteiger partial charge on any atom is -0.406 e. The number of nitrogens with one attached hydrogen (secondary N) is 2. The highest BCUT2D eigenvalue weighted by Gasteiger charge is 2.31. The topological polar surface area (TPSA) is 59.1 Å². The lowest BCUT2D eigenvalue weighted by atomic mass is 10.1. The summed E-state index contributed by atoms with van der Waals surface area (Å²) in [4.78, 5) is 8.86. The molecule has 0 aliphatic heterocycles. The molecule has 0 saturated heterocycles. The molecule has 1 aromatic carbocycles. The summed E-state index contributed by atoms with van der Waals surface area (Å²) < 4.78 is 41.4. The van der Waals surface area contributed by atoms with Crippen molar-refractivity contribution in [3.63, 3.8) is 0 Å². The van der Waals surface area contributed by atoms with Crippen LogP contribution >= 0.6 is 0 Å². The van der Waals surface area contributed by atoms with Crippen molar-refractivity contribution in [2.45, 2.75) is 52.6 Å². The van der Waals surface area contributed by atoms with Gasteiger partial charge in [0, 0.05) is 23.2 Å². The van der Waals surface area contributed by atoms with Gasteiger partial charge in [-0.05, 0) is 46.8 Å². The summed E-state index contributed by atoms with van der Waals surface area (Å²) in [5.74, 6) is 0.677. The van der Waals surface area contributed by atoms with Gasteiger partial charge in [-0.2, -0.15) is 4.98 Å². The largest absolute Gasteiger partial charge is 0.573 e. The zero-order valence-electron chi connectivity index (χ0n) is 15.4. The quantitative estimate of drug-likeness (QED) is 0.771. The van der Waals surface area contributed by atoms with E-state index < -0.39 is 6.36 Å². The number of halogens is 3. The van der Waals surface area contributed by atoms with Crippen molar-refractivity contribution in [3.05, 3.63) is 30.3 Å². The molecule has 0 aliphatic rings. The van der Waals surface area contributed by atoms with Gasteiger partial charge in [0.2, 0.25) is 5.95 Å². The number of benzene rings is 1. The van der Waals surface area contributed by atoms with Crippen molar-refractivity contribution in [3.8, 4) is 17.0 Å². The molecular weight excluding hydrogens is 345 g/mol. The summed E-state index contributed by atoms with van der Waals surface area (Å²) >= 11 is 0. The maximum Gasteiger partial charge on any atom is 0.573 e. The molecule has 142 valence electrons. The third-order valence-electron chi connectivity index (χ3n) is 3.01. The first-order chi connectivity index (χ1) is 11.9. The van der Waals surface area contributed by atoms with E-state index in [4.69, 9.17) is 0 Å². The van der Waals surface area contributed by atoms with Crippen molar-refractivity contribution in [2.75, 3.05) is 10.6 Å². The molecule has 26 heavy (non-hydrogen) atoms. The van der Waals surface area contributed by atoms with Crippen molar-refractivity contribution in [1.29, 1.82) is 0 Å². The van der Waals surface area contributed by atoms with Gasteiger partial charge in [0.1, 0.15) is 11.6 Å². The Bertz CT molecular complexity index is 755. The molecule has 0 bridgehead atoms. The van der Waals surface area contributed by atoms with Gasteiger partial charge in [0.25, 0.3) is 0 Å². The van der Waals surface area contributed by atoms with Crippen molar-refractivity contribution in [1.82, 2.24) is 9.97 Å². The van der Waals surface area contributed by atoms with Gasteiger partial charge < -0.3 is 15.4 Å². The van der Waals surface area contributed by atoms with Gasteiger partial charge >= 0.3 is 6.36 Å². The summed E-state index contributed by atoms with van der Waals surface area (Å²) in [7, 11) is 0. The molecule has 2 aromatic rings. The number of ether oxygens (including phenoxy) is 1. The number of alkyl halides is 3. The minimum absolute atomic E-state index is 0.139. The first-order valence-corrected chi connectivity index (χ1v) is 8.21. The van der Waals surface area contributed by atoms with Crippen LogP contribution in [0.2, 0.25) is 0 Å². The second kappa shape index (κ2) is 7.39. The lowest BCUT2D eigenvalue weighted by Gasteiger charge is -2.22. The Morgan fingerprint density at radius 2 is 1.73 bits per heavy atom. The van der Waals surface area contributed by atoms with E-state index in [-0.39, 0.29) is 17.3 Å². The summed E-state index contributed by atoms with van der Waals surface area (Å²) in [6, 6.07) is 7.55. The Morgan fingerprint density at radius 1 is 1.04 bits per heavy atom. The molecule has 0 aliphatic carbocycles. The van der Waals surface area contributed by atoms with Gasteiger partial charge in [0.15, 0.2) is 0 Å². The monoisotopic (exact) mass is 368 g/mol. The zero-order valence-corrected chi connectivity index (χ0v) is 15.4. The van der Waals surface area contributed by atoms with Crippen LogP contribution in [0.15, 0.2) is 30.3 Å². The SMILES string of the molecule is CC(C)Nc1cc(-c2cccc(OC(F)(F)F)c2)nc(NC(C)(C)C)n1. The van der Waals surface area contributed by atoms with E-state index in [2.05, 4.69) is 25.3 Å². The molecule has 1 heterocycles. The number of rotatable bonds is 5. The number of hydrogen-bond donors (Lipinski definition) is 2. The summed E-state index contributed by atoms with van der Waals surface area (Å²) in [5, 5.41) is 6.38. The van der Waals surface area contributed by atoms with Crippen LogP contribution in [-0.2, 0) is 0 Å². The summed E-state index contributed by atoms with van der Waals surface area (Å²) in [6.07, 6.45) is -4.74. The summed E-state index contributed by atoms with van der Waals surface area (Å²) in [6.45, 7) is 9.84. The zero-order chi connectivity index (χ0) is 19.5. The second-order valence-electron chi connectivity index (χ2n) is 7.21. The van der Waals surface area contributed by atoms with Crippen LogP contribution in [0.3, 0.4) is 0 Å². The fourth-order valence-electron chi connectivity index (χ4n) is 2.21. The van der Waals surface area contributed by atoms with E-state index >= 15 is 0 Å². The third-order valence-corrected chi connectivity index (χ3v) is 3.01. The predicted octanol–water partition coefficient (Wildman–Crippen LogP) is 5.07. The first-order valence-electron chi connectivity index (χ1n) is 8.21. The van der Waals surface area contributed by atoms with Crippen LogP contribution in [0.4, 0.5) is 24.9 Å². The molecule has 0 unspecified atom stereocenters. The molecule has 2 rings (SSSR count). The third kappa shape index (κ3) is 6.42. The molecule has 0 atom stereocenters. The van der Waals surface area contributed by atoms with Gasteiger partial charge in [0.05, 0.1) is 5.69 Å². The molecule has 0 radical (unpaired) electrons. The molecule has 0 spiro atoms.